The second-order valence-electron chi connectivity index (χ2n) is 6.66. The molecule has 164 valence electrons. The van der Waals surface area contributed by atoms with Gasteiger partial charge < -0.3 is 19.5 Å². The Hall–Kier alpha value is -2.90. The molecule has 0 aliphatic carbocycles. The summed E-state index contributed by atoms with van der Waals surface area (Å²) in [7, 11) is 4.66. The first kappa shape index (κ1) is 22.8. The highest BCUT2D eigenvalue weighted by molar-refractivity contribution is 6.36. The van der Waals surface area contributed by atoms with Gasteiger partial charge in [-0.15, -0.1) is 0 Å². The number of rotatable bonds is 9. The number of amides is 1. The van der Waals surface area contributed by atoms with Crippen LogP contribution in [0.3, 0.4) is 0 Å². The van der Waals surface area contributed by atoms with Crippen LogP contribution in [0.25, 0.3) is 0 Å². The second-order valence-corrected chi connectivity index (χ2v) is 7.47. The number of methoxy groups -OCH3 is 3. The number of nitrogens with zero attached hydrogens (tertiary/aromatic N) is 2. The van der Waals surface area contributed by atoms with Gasteiger partial charge in [-0.25, -0.2) is 4.68 Å². The van der Waals surface area contributed by atoms with E-state index in [4.69, 9.17) is 37.4 Å². The summed E-state index contributed by atoms with van der Waals surface area (Å²) in [6.45, 7) is 0.341. The van der Waals surface area contributed by atoms with E-state index in [0.717, 1.165) is 11.1 Å². The van der Waals surface area contributed by atoms with Crippen LogP contribution in [0, 0.1) is 0 Å². The normalized spacial score (nSPS) is 10.6. The molecule has 1 N–H and O–H groups in total. The minimum atomic E-state index is -0.152. The molecule has 3 aromatic rings. The molecule has 0 aliphatic heterocycles. The van der Waals surface area contributed by atoms with Crippen molar-refractivity contribution in [3.05, 3.63) is 63.8 Å². The third kappa shape index (κ3) is 5.42. The van der Waals surface area contributed by atoms with Crippen LogP contribution in [-0.4, -0.2) is 37.0 Å². The fourth-order valence-electron chi connectivity index (χ4n) is 3.14. The van der Waals surface area contributed by atoms with Crippen molar-refractivity contribution in [2.75, 3.05) is 26.6 Å². The quantitative estimate of drug-likeness (QED) is 0.491. The van der Waals surface area contributed by atoms with Gasteiger partial charge in [0.05, 0.1) is 34.1 Å². The minimum absolute atomic E-state index is 0.152. The molecule has 1 aromatic heterocycles. The smallest absolute Gasteiger partial charge is 0.225 e. The van der Waals surface area contributed by atoms with Gasteiger partial charge in [-0.1, -0.05) is 29.3 Å². The Balaban J connectivity index is 1.67. The number of halogens is 2. The Morgan fingerprint density at radius 3 is 2.26 bits per heavy atom. The molecule has 0 aliphatic rings. The molecule has 0 bridgehead atoms. The molecular weight excluding hydrogens is 441 g/mol. The van der Waals surface area contributed by atoms with E-state index in [9.17, 15) is 4.79 Å². The van der Waals surface area contributed by atoms with E-state index in [1.54, 1.807) is 56.5 Å². The molecule has 0 spiro atoms. The van der Waals surface area contributed by atoms with Crippen LogP contribution in [-0.2, 0) is 17.8 Å². The van der Waals surface area contributed by atoms with Gasteiger partial charge in [0.25, 0.3) is 0 Å². The van der Waals surface area contributed by atoms with Crippen LogP contribution in [0.5, 0.6) is 17.2 Å². The summed E-state index contributed by atoms with van der Waals surface area (Å²) in [4.78, 5) is 12.6. The number of carbonyl (C=O) groups is 1. The maximum absolute atomic E-state index is 12.6. The number of anilines is 1. The minimum Gasteiger partial charge on any atom is -0.493 e. The van der Waals surface area contributed by atoms with Crippen molar-refractivity contribution in [1.82, 2.24) is 9.78 Å². The van der Waals surface area contributed by atoms with E-state index in [1.807, 2.05) is 12.1 Å². The van der Waals surface area contributed by atoms with Crippen LogP contribution in [0.2, 0.25) is 10.0 Å². The third-order valence-electron chi connectivity index (χ3n) is 4.72. The molecule has 3 rings (SSSR count). The molecule has 0 saturated heterocycles. The predicted molar refractivity (Wildman–Crippen MR) is 121 cm³/mol. The number of aromatic nitrogens is 2. The van der Waals surface area contributed by atoms with Gasteiger partial charge in [0.1, 0.15) is 5.82 Å². The van der Waals surface area contributed by atoms with E-state index in [0.29, 0.717) is 46.1 Å². The Morgan fingerprint density at radius 2 is 1.68 bits per heavy atom. The first-order valence-electron chi connectivity index (χ1n) is 9.50. The first-order valence-corrected chi connectivity index (χ1v) is 10.3. The van der Waals surface area contributed by atoms with Gasteiger partial charge >= 0.3 is 0 Å². The summed E-state index contributed by atoms with van der Waals surface area (Å²) < 4.78 is 17.7. The van der Waals surface area contributed by atoms with E-state index in [2.05, 4.69) is 10.4 Å². The lowest BCUT2D eigenvalue weighted by Crippen LogP contribution is -2.16. The average molecular weight is 464 g/mol. The van der Waals surface area contributed by atoms with E-state index in [-0.39, 0.29) is 12.3 Å². The fourth-order valence-corrected chi connectivity index (χ4v) is 3.66. The molecule has 1 amide bonds. The van der Waals surface area contributed by atoms with Crippen LogP contribution in [0.15, 0.2) is 42.6 Å². The van der Waals surface area contributed by atoms with Gasteiger partial charge in [0.15, 0.2) is 11.5 Å². The van der Waals surface area contributed by atoms with Crippen LogP contribution >= 0.6 is 23.2 Å². The number of nitrogens with one attached hydrogen (secondary N) is 1. The molecule has 0 atom stereocenters. The zero-order valence-corrected chi connectivity index (χ0v) is 19.0. The number of ether oxygens (including phenoxy) is 3. The summed E-state index contributed by atoms with van der Waals surface area (Å²) in [6.07, 6.45) is 2.36. The third-order valence-corrected chi connectivity index (χ3v) is 5.43. The van der Waals surface area contributed by atoms with Crippen molar-refractivity contribution in [1.29, 1.82) is 0 Å². The van der Waals surface area contributed by atoms with Gasteiger partial charge in [0.2, 0.25) is 11.7 Å². The summed E-state index contributed by atoms with van der Waals surface area (Å²) in [5.74, 6) is 2.02. The van der Waals surface area contributed by atoms with Crippen LogP contribution in [0.4, 0.5) is 5.82 Å². The van der Waals surface area contributed by atoms with Gasteiger partial charge in [-0.3, -0.25) is 4.79 Å². The van der Waals surface area contributed by atoms with E-state index >= 15 is 0 Å². The molecule has 9 heteroatoms. The van der Waals surface area contributed by atoms with E-state index < -0.39 is 0 Å². The second kappa shape index (κ2) is 10.4. The lowest BCUT2D eigenvalue weighted by Gasteiger charge is -2.14. The predicted octanol–water partition coefficient (Wildman–Crippen LogP) is 4.84. The van der Waals surface area contributed by atoms with Crippen molar-refractivity contribution in [2.45, 2.75) is 19.4 Å². The van der Waals surface area contributed by atoms with Crippen molar-refractivity contribution < 1.29 is 19.0 Å². The van der Waals surface area contributed by atoms with Crippen molar-refractivity contribution in [3.63, 3.8) is 0 Å². The first-order chi connectivity index (χ1) is 15.0. The van der Waals surface area contributed by atoms with Crippen molar-refractivity contribution >= 4 is 34.9 Å². The number of hydrogen-bond acceptors (Lipinski definition) is 5. The maximum Gasteiger partial charge on any atom is 0.225 e. The molecule has 0 radical (unpaired) electrons. The monoisotopic (exact) mass is 463 g/mol. The topological polar surface area (TPSA) is 74.6 Å². The highest BCUT2D eigenvalue weighted by atomic mass is 35.5. The number of carbonyl (C=O) groups excluding carboxylic acids is 1. The van der Waals surface area contributed by atoms with Gasteiger partial charge in [0, 0.05) is 28.1 Å². The fraction of sp³-hybridized carbons (Fsp3) is 0.273. The highest BCUT2D eigenvalue weighted by Crippen LogP contribution is 2.38. The Bertz CT molecular complexity index is 1020. The Labute approximate surface area is 190 Å². The van der Waals surface area contributed by atoms with Gasteiger partial charge in [-0.2, -0.15) is 5.10 Å². The Morgan fingerprint density at radius 1 is 1.03 bits per heavy atom. The maximum atomic E-state index is 12.6. The summed E-state index contributed by atoms with van der Waals surface area (Å²) in [6, 6.07) is 10.7. The van der Waals surface area contributed by atoms with Crippen molar-refractivity contribution in [2.24, 2.45) is 0 Å². The molecular formula is C22H23Cl2N3O4. The standard InChI is InChI=1S/C22H23Cl2N3O4/c1-29-18-11-14(12-19(30-2)22(18)31-3)7-8-21(28)26-20-9-10-25-27(20)13-15-16(23)5-4-6-17(15)24/h4-6,9-12H,7-8,13H2,1-3H3,(H,26,28). The molecule has 7 nitrogen and oxygen atoms in total. The SMILES string of the molecule is COc1cc(CCC(=O)Nc2ccnn2Cc2c(Cl)cccc2Cl)cc(OC)c1OC. The molecule has 0 fully saturated rings. The highest BCUT2D eigenvalue weighted by Gasteiger charge is 2.15. The van der Waals surface area contributed by atoms with Gasteiger partial charge in [-0.05, 0) is 36.2 Å². The summed E-state index contributed by atoms with van der Waals surface area (Å²) >= 11 is 12.5. The zero-order valence-electron chi connectivity index (χ0n) is 17.4. The van der Waals surface area contributed by atoms with Crippen LogP contribution < -0.4 is 19.5 Å². The molecule has 2 aromatic carbocycles. The average Bonchev–Trinajstić information content (AvgIpc) is 3.20. The molecule has 0 saturated carbocycles. The lowest BCUT2D eigenvalue weighted by atomic mass is 10.1. The Kier molecular flexibility index (Phi) is 7.65. The summed E-state index contributed by atoms with van der Waals surface area (Å²) in [5.41, 5.74) is 1.63. The molecule has 1 heterocycles. The zero-order chi connectivity index (χ0) is 22.4. The number of hydrogen-bond donors (Lipinski definition) is 1. The number of aryl methyl sites for hydroxylation is 1. The summed E-state index contributed by atoms with van der Waals surface area (Å²) in [5, 5.41) is 8.24. The lowest BCUT2D eigenvalue weighted by molar-refractivity contribution is -0.116. The largest absolute Gasteiger partial charge is 0.493 e. The molecule has 0 unspecified atom stereocenters. The van der Waals surface area contributed by atoms with Crippen LogP contribution in [0.1, 0.15) is 17.5 Å². The van der Waals surface area contributed by atoms with E-state index in [1.165, 1.54) is 0 Å². The van der Waals surface area contributed by atoms with Crippen molar-refractivity contribution in [3.8, 4) is 17.2 Å². The molecule has 31 heavy (non-hydrogen) atoms. The number of benzene rings is 2.